The Hall–Kier alpha value is -1.62. The predicted molar refractivity (Wildman–Crippen MR) is 74.8 cm³/mol. The van der Waals surface area contributed by atoms with Crippen molar-refractivity contribution in [3.8, 4) is 0 Å². The highest BCUT2D eigenvalue weighted by Crippen LogP contribution is 2.21. The molecule has 0 spiro atoms. The fourth-order valence-corrected chi connectivity index (χ4v) is 1.86. The van der Waals surface area contributed by atoms with Crippen LogP contribution >= 0.6 is 11.6 Å². The number of aromatic nitrogens is 3. The van der Waals surface area contributed by atoms with E-state index < -0.39 is 0 Å². The van der Waals surface area contributed by atoms with Gasteiger partial charge in [0.15, 0.2) is 5.82 Å². The molecule has 2 heterocycles. The van der Waals surface area contributed by atoms with Crippen LogP contribution in [0.2, 0.25) is 5.15 Å². The van der Waals surface area contributed by atoms with Crippen molar-refractivity contribution in [2.45, 2.75) is 26.2 Å². The molecule has 18 heavy (non-hydrogen) atoms. The molecule has 96 valence electrons. The maximum atomic E-state index is 5.89. The Morgan fingerprint density at radius 2 is 2.06 bits per heavy atom. The minimum atomic E-state index is 0.240. The van der Waals surface area contributed by atoms with Gasteiger partial charge in [-0.1, -0.05) is 31.4 Å². The normalized spacial score (nSPS) is 10.8. The molecule has 0 saturated heterocycles. The predicted octanol–water partition coefficient (Wildman–Crippen LogP) is 2.86. The Bertz CT molecular complexity index is 543. The number of nitrogens with one attached hydrogen (secondary N) is 1. The summed E-state index contributed by atoms with van der Waals surface area (Å²) < 4.78 is 0. The Morgan fingerprint density at radius 1 is 1.22 bits per heavy atom. The first-order chi connectivity index (χ1) is 8.70. The van der Waals surface area contributed by atoms with Gasteiger partial charge in [-0.25, -0.2) is 9.97 Å². The van der Waals surface area contributed by atoms with Gasteiger partial charge in [0.2, 0.25) is 5.95 Å². The van der Waals surface area contributed by atoms with E-state index in [9.17, 15) is 0 Å². The van der Waals surface area contributed by atoms with Crippen LogP contribution in [0.3, 0.4) is 0 Å². The van der Waals surface area contributed by atoms with E-state index >= 15 is 0 Å². The summed E-state index contributed by atoms with van der Waals surface area (Å²) in [6.07, 6.45) is 3.45. The van der Waals surface area contributed by atoms with E-state index in [1.165, 1.54) is 12.8 Å². The molecule has 2 aromatic heterocycles. The lowest BCUT2D eigenvalue weighted by Gasteiger charge is -2.08. The monoisotopic (exact) mass is 265 g/mol. The smallest absolute Gasteiger partial charge is 0.222 e. The van der Waals surface area contributed by atoms with Crippen LogP contribution in [-0.2, 0) is 0 Å². The van der Waals surface area contributed by atoms with Crippen molar-refractivity contribution in [2.75, 3.05) is 17.6 Å². The van der Waals surface area contributed by atoms with Crippen LogP contribution < -0.4 is 11.1 Å². The van der Waals surface area contributed by atoms with Gasteiger partial charge in [0, 0.05) is 6.54 Å². The summed E-state index contributed by atoms with van der Waals surface area (Å²) in [6, 6.07) is 3.48. The zero-order chi connectivity index (χ0) is 13.0. The molecular weight excluding hydrogens is 250 g/mol. The molecule has 0 atom stereocenters. The maximum Gasteiger partial charge on any atom is 0.222 e. The standard InChI is InChI=1S/C12H16ClN5/c1-2-3-4-7-15-11-10-8(16-12(14)18-11)5-6-9(13)17-10/h5-6H,2-4,7H2,1H3,(H3,14,15,16,18). The molecule has 6 heteroatoms. The molecule has 0 aliphatic carbocycles. The maximum absolute atomic E-state index is 5.89. The summed E-state index contributed by atoms with van der Waals surface area (Å²) in [4.78, 5) is 12.5. The molecule has 0 aromatic carbocycles. The van der Waals surface area contributed by atoms with E-state index in [4.69, 9.17) is 17.3 Å². The Balaban J connectivity index is 2.27. The van der Waals surface area contributed by atoms with Crippen LogP contribution in [0.25, 0.3) is 11.0 Å². The van der Waals surface area contributed by atoms with E-state index in [1.807, 2.05) is 0 Å². The van der Waals surface area contributed by atoms with E-state index in [0.29, 0.717) is 22.0 Å². The van der Waals surface area contributed by atoms with Crippen molar-refractivity contribution in [1.29, 1.82) is 0 Å². The number of hydrogen-bond donors (Lipinski definition) is 2. The number of pyridine rings is 1. The Kier molecular flexibility index (Phi) is 4.15. The summed E-state index contributed by atoms with van der Waals surface area (Å²) in [7, 11) is 0. The molecule has 0 radical (unpaired) electrons. The first-order valence-corrected chi connectivity index (χ1v) is 6.42. The topological polar surface area (TPSA) is 76.7 Å². The number of nitrogens with zero attached hydrogens (tertiary/aromatic N) is 3. The van der Waals surface area contributed by atoms with Crippen molar-refractivity contribution in [2.24, 2.45) is 0 Å². The van der Waals surface area contributed by atoms with Gasteiger partial charge in [-0.15, -0.1) is 0 Å². The average Bonchev–Trinajstić information content (AvgIpc) is 2.35. The highest BCUT2D eigenvalue weighted by Gasteiger charge is 2.07. The fraction of sp³-hybridized carbons (Fsp3) is 0.417. The third kappa shape index (κ3) is 2.98. The molecule has 0 unspecified atom stereocenters. The zero-order valence-electron chi connectivity index (χ0n) is 10.3. The highest BCUT2D eigenvalue weighted by atomic mass is 35.5. The second kappa shape index (κ2) is 5.82. The molecular formula is C12H16ClN5. The SMILES string of the molecule is CCCCCNc1nc(N)nc2ccc(Cl)nc12. The third-order valence-electron chi connectivity index (χ3n) is 2.60. The van der Waals surface area contributed by atoms with Gasteiger partial charge in [0.25, 0.3) is 0 Å². The second-order valence-electron chi connectivity index (χ2n) is 4.07. The second-order valence-corrected chi connectivity index (χ2v) is 4.45. The lowest BCUT2D eigenvalue weighted by Crippen LogP contribution is -2.07. The molecule has 5 nitrogen and oxygen atoms in total. The zero-order valence-corrected chi connectivity index (χ0v) is 11.0. The summed E-state index contributed by atoms with van der Waals surface area (Å²) in [5, 5.41) is 3.66. The van der Waals surface area contributed by atoms with Gasteiger partial charge in [-0.2, -0.15) is 4.98 Å². The molecule has 0 bridgehead atoms. The largest absolute Gasteiger partial charge is 0.368 e. The fourth-order valence-electron chi connectivity index (χ4n) is 1.71. The summed E-state index contributed by atoms with van der Waals surface area (Å²) >= 11 is 5.89. The van der Waals surface area contributed by atoms with Crippen molar-refractivity contribution in [1.82, 2.24) is 15.0 Å². The van der Waals surface area contributed by atoms with Crippen LogP contribution in [0.4, 0.5) is 11.8 Å². The van der Waals surface area contributed by atoms with Gasteiger partial charge in [-0.3, -0.25) is 0 Å². The molecule has 0 fully saturated rings. The number of unbranched alkanes of at least 4 members (excludes halogenated alkanes) is 2. The molecule has 0 amide bonds. The van der Waals surface area contributed by atoms with Crippen LogP contribution in [0.1, 0.15) is 26.2 Å². The first-order valence-electron chi connectivity index (χ1n) is 6.04. The van der Waals surface area contributed by atoms with Crippen LogP contribution in [0.5, 0.6) is 0 Å². The molecule has 0 saturated carbocycles. The number of fused-ring (bicyclic) bond motifs is 1. The minimum Gasteiger partial charge on any atom is -0.368 e. The van der Waals surface area contributed by atoms with E-state index in [1.54, 1.807) is 12.1 Å². The van der Waals surface area contributed by atoms with E-state index in [2.05, 4.69) is 27.2 Å². The number of anilines is 2. The number of rotatable bonds is 5. The average molecular weight is 266 g/mol. The Labute approximate surface area is 111 Å². The van der Waals surface area contributed by atoms with Crippen molar-refractivity contribution >= 4 is 34.4 Å². The lowest BCUT2D eigenvalue weighted by atomic mass is 10.2. The molecule has 0 aliphatic rings. The quantitative estimate of drug-likeness (QED) is 0.642. The third-order valence-corrected chi connectivity index (χ3v) is 2.81. The number of nitrogens with two attached hydrogens (primary N) is 1. The number of nitrogen functional groups attached to an aromatic ring is 1. The number of halogens is 1. The molecule has 3 N–H and O–H groups in total. The molecule has 2 aromatic rings. The van der Waals surface area contributed by atoms with Gasteiger partial charge in [0.05, 0.1) is 5.52 Å². The summed E-state index contributed by atoms with van der Waals surface area (Å²) in [6.45, 7) is 3.01. The van der Waals surface area contributed by atoms with Crippen LogP contribution in [-0.4, -0.2) is 21.5 Å². The van der Waals surface area contributed by atoms with Gasteiger partial charge in [0.1, 0.15) is 10.7 Å². The van der Waals surface area contributed by atoms with Gasteiger partial charge < -0.3 is 11.1 Å². The van der Waals surface area contributed by atoms with Crippen molar-refractivity contribution < 1.29 is 0 Å². The van der Waals surface area contributed by atoms with Crippen LogP contribution in [0, 0.1) is 0 Å². The van der Waals surface area contributed by atoms with E-state index in [0.717, 1.165) is 13.0 Å². The van der Waals surface area contributed by atoms with Crippen molar-refractivity contribution in [3.63, 3.8) is 0 Å². The van der Waals surface area contributed by atoms with Gasteiger partial charge in [-0.05, 0) is 18.6 Å². The lowest BCUT2D eigenvalue weighted by molar-refractivity contribution is 0.742. The van der Waals surface area contributed by atoms with Crippen LogP contribution in [0.15, 0.2) is 12.1 Å². The number of hydrogen-bond acceptors (Lipinski definition) is 5. The molecule has 2 rings (SSSR count). The highest BCUT2D eigenvalue weighted by molar-refractivity contribution is 6.29. The first kappa shape index (κ1) is 12.8. The van der Waals surface area contributed by atoms with Gasteiger partial charge >= 0.3 is 0 Å². The molecule has 0 aliphatic heterocycles. The van der Waals surface area contributed by atoms with E-state index in [-0.39, 0.29) is 5.95 Å². The summed E-state index contributed by atoms with van der Waals surface area (Å²) in [5.74, 6) is 0.890. The summed E-state index contributed by atoms with van der Waals surface area (Å²) in [5.41, 5.74) is 7.03. The van der Waals surface area contributed by atoms with Crippen molar-refractivity contribution in [3.05, 3.63) is 17.3 Å². The minimum absolute atomic E-state index is 0.240. The Morgan fingerprint density at radius 3 is 2.83 bits per heavy atom.